The molecule has 0 saturated carbocycles. The average Bonchev–Trinajstić information content (AvgIpc) is 0.905. The van der Waals surface area contributed by atoms with E-state index in [-0.39, 0.29) is 52.4 Å². The molecule has 0 aliphatic carbocycles. The number of phosphoric acid groups is 1. The fourth-order valence-electron chi connectivity index (χ4n) is 12.6. The van der Waals surface area contributed by atoms with Gasteiger partial charge in [0.1, 0.15) is 13.2 Å². The van der Waals surface area contributed by atoms with Gasteiger partial charge in [-0.05, 0) is 12.8 Å². The van der Waals surface area contributed by atoms with Crippen molar-refractivity contribution in [3.63, 3.8) is 0 Å². The largest absolute Gasteiger partial charge is 0.472 e. The third-order valence-electron chi connectivity index (χ3n) is 20.3. The van der Waals surface area contributed by atoms with Crippen molar-refractivity contribution >= 4 is 25.9 Å². The Labute approximate surface area is 836 Å². The van der Waals surface area contributed by atoms with Gasteiger partial charge in [0, 0.05) is 26.5 Å². The van der Waals surface area contributed by atoms with Gasteiger partial charge in [-0.1, -0.05) is 194 Å². The Morgan fingerprint density at radius 2 is 0.396 bits per heavy atom. The number of carbonyl (C=O) groups is 3. The zero-order valence-corrected chi connectivity index (χ0v) is 87.5. The highest BCUT2D eigenvalue weighted by Crippen LogP contribution is 2.43. The van der Waals surface area contributed by atoms with Gasteiger partial charge in [-0.25, -0.2) is 9.36 Å². The van der Waals surface area contributed by atoms with Crippen molar-refractivity contribution in [3.05, 3.63) is 0 Å². The van der Waals surface area contributed by atoms with E-state index in [9.17, 15) is 23.8 Å². The number of amides is 1. The van der Waals surface area contributed by atoms with Crippen LogP contribution in [-0.4, -0.2) is 432 Å². The Morgan fingerprint density at radius 3 is 0.597 bits per heavy atom. The second kappa shape index (κ2) is 122. The van der Waals surface area contributed by atoms with Gasteiger partial charge < -0.3 is 157 Å². The second-order valence-electron chi connectivity index (χ2n) is 32.4. The number of phosphoric ester groups is 1. The molecule has 0 aliphatic rings. The predicted molar refractivity (Wildman–Crippen MR) is 525 cm³/mol. The molecule has 2 unspecified atom stereocenters. The van der Waals surface area contributed by atoms with E-state index in [1.807, 2.05) is 0 Å². The number of unbranched alkanes of at least 4 members (excludes halogenated alkanes) is 28. The predicted octanol–water partition coefficient (Wildman–Crippen LogP) is 12.9. The maximum absolute atomic E-state index is 12.9. The molecule has 2 atom stereocenters. The first-order valence-electron chi connectivity index (χ1n) is 52.7. The van der Waals surface area contributed by atoms with Gasteiger partial charge >= 0.3 is 25.9 Å². The van der Waals surface area contributed by atoms with Crippen molar-refractivity contribution in [2.75, 3.05) is 403 Å². The van der Waals surface area contributed by atoms with Crippen molar-refractivity contribution in [1.82, 2.24) is 5.32 Å². The lowest BCUT2D eigenvalue weighted by molar-refractivity contribution is -0.161. The van der Waals surface area contributed by atoms with E-state index < -0.39 is 38.6 Å². The summed E-state index contributed by atoms with van der Waals surface area (Å²) in [5.41, 5.74) is 0. The smallest absolute Gasteiger partial charge is 0.462 e. The summed E-state index contributed by atoms with van der Waals surface area (Å²) in [5.74, 6) is -0.937. The minimum Gasteiger partial charge on any atom is -0.462 e. The number of ether oxygens (including phenoxy) is 31. The summed E-state index contributed by atoms with van der Waals surface area (Å²) in [6.07, 6.45) is 34.8. The fourth-order valence-corrected chi connectivity index (χ4v) is 13.4. The summed E-state index contributed by atoms with van der Waals surface area (Å²) in [5, 5.41) is 2.44. The van der Waals surface area contributed by atoms with Crippen molar-refractivity contribution in [1.29, 1.82) is 0 Å². The first kappa shape index (κ1) is 136. The molecule has 40 heteroatoms. The molecule has 0 aromatic carbocycles. The molecule has 830 valence electrons. The topological polar surface area (TPSA) is 405 Å². The lowest BCUT2D eigenvalue weighted by Gasteiger charge is -2.20. The maximum atomic E-state index is 12.9. The van der Waals surface area contributed by atoms with E-state index >= 15 is 0 Å². The summed E-state index contributed by atoms with van der Waals surface area (Å²) in [6.45, 7) is 28.3. The first-order valence-corrected chi connectivity index (χ1v) is 54.2. The molecule has 0 saturated heterocycles. The van der Waals surface area contributed by atoms with Crippen LogP contribution in [0, 0.1) is 0 Å². The van der Waals surface area contributed by atoms with E-state index in [2.05, 4.69) is 19.2 Å². The van der Waals surface area contributed by atoms with Gasteiger partial charge in [0.05, 0.1) is 377 Å². The van der Waals surface area contributed by atoms with Crippen LogP contribution in [0.3, 0.4) is 0 Å². The maximum Gasteiger partial charge on any atom is 0.472 e. The van der Waals surface area contributed by atoms with Gasteiger partial charge in [0.2, 0.25) is 0 Å². The monoisotopic (exact) mass is 2040 g/mol. The van der Waals surface area contributed by atoms with Crippen LogP contribution in [0.4, 0.5) is 4.79 Å². The third-order valence-corrected chi connectivity index (χ3v) is 21.3. The number of nitrogens with one attached hydrogen (secondary N) is 1. The SMILES string of the molecule is CCCCCCCCCCCCCCCCCC(=O)OCC(COP(=O)(O)OCCNC(=O)OCCOCCOCCOCCOCCOCCOCCOCCOCCOCCOCCOCCOCCOCCOCCOCCOCCOCCOCCOCCOCCOCCOCCOCCOCCOCCOCCOCCOC)OC(=O)CCCCCCCCCCCCCCCCC. The minimum atomic E-state index is -4.67. The Hall–Kier alpha value is -2.80. The highest BCUT2D eigenvalue weighted by Gasteiger charge is 2.27. The van der Waals surface area contributed by atoms with E-state index in [4.69, 9.17) is 156 Å². The minimum absolute atomic E-state index is 0.0405. The van der Waals surface area contributed by atoms with Crippen LogP contribution in [0.2, 0.25) is 0 Å². The number of alkyl carbamates (subject to hydrolysis) is 1. The summed E-state index contributed by atoms with van der Waals surface area (Å²) in [7, 11) is -3.02. The summed E-state index contributed by atoms with van der Waals surface area (Å²) in [4.78, 5) is 48.3. The van der Waals surface area contributed by atoms with Crippen LogP contribution in [0.5, 0.6) is 0 Å². The number of hydrogen-bond acceptors (Lipinski definition) is 37. The van der Waals surface area contributed by atoms with Crippen molar-refractivity contribution in [2.45, 2.75) is 225 Å². The molecule has 0 aromatic heterocycles. The summed E-state index contributed by atoms with van der Waals surface area (Å²) < 4.78 is 193. The zero-order valence-electron chi connectivity index (χ0n) is 86.6. The molecule has 0 aromatic rings. The molecule has 2 N–H and O–H groups in total. The van der Waals surface area contributed by atoms with Crippen molar-refractivity contribution in [2.24, 2.45) is 0 Å². The molecule has 0 fully saturated rings. The molecule has 39 nitrogen and oxygen atoms in total. The van der Waals surface area contributed by atoms with Crippen LogP contribution >= 0.6 is 7.82 Å². The molecule has 0 heterocycles. The molecular formula is C99H196NO38P. The molecule has 1 amide bonds. The number of esters is 2. The molecule has 0 spiro atoms. The molecule has 0 rings (SSSR count). The summed E-state index contributed by atoms with van der Waals surface area (Å²) in [6, 6.07) is 0. The Kier molecular flexibility index (Phi) is 120. The molecule has 0 radical (unpaired) electrons. The van der Waals surface area contributed by atoms with E-state index in [1.165, 1.54) is 141 Å². The Balaban J connectivity index is 3.56. The van der Waals surface area contributed by atoms with Crippen LogP contribution in [0.1, 0.15) is 219 Å². The fraction of sp³-hybridized carbons (Fsp3) is 0.970. The summed E-state index contributed by atoms with van der Waals surface area (Å²) >= 11 is 0. The zero-order chi connectivity index (χ0) is 99.9. The quantitative estimate of drug-likeness (QED) is 0.0247. The number of methoxy groups -OCH3 is 1. The van der Waals surface area contributed by atoms with Crippen molar-refractivity contribution in [3.8, 4) is 0 Å². The molecule has 0 aliphatic heterocycles. The van der Waals surface area contributed by atoms with Crippen LogP contribution in [-0.2, 0) is 170 Å². The molecule has 139 heavy (non-hydrogen) atoms. The molecular weight excluding hydrogens is 1840 g/mol. The van der Waals surface area contributed by atoms with Gasteiger partial charge in [-0.15, -0.1) is 0 Å². The van der Waals surface area contributed by atoms with Gasteiger partial charge in [0.15, 0.2) is 6.10 Å². The Morgan fingerprint density at radius 1 is 0.216 bits per heavy atom. The van der Waals surface area contributed by atoms with Gasteiger partial charge in [0.25, 0.3) is 0 Å². The number of carbonyl (C=O) groups excluding carboxylic acids is 3. The van der Waals surface area contributed by atoms with Crippen LogP contribution < -0.4 is 5.32 Å². The number of rotatable bonds is 126. The lowest BCUT2D eigenvalue weighted by atomic mass is 10.0. The normalized spacial score (nSPS) is 12.4. The Bertz CT molecular complexity index is 2410. The highest BCUT2D eigenvalue weighted by molar-refractivity contribution is 7.47. The number of hydrogen-bond donors (Lipinski definition) is 2. The van der Waals surface area contributed by atoms with E-state index in [1.54, 1.807) is 7.11 Å². The van der Waals surface area contributed by atoms with E-state index in [0.717, 1.165) is 38.5 Å². The first-order chi connectivity index (χ1) is 68.7. The lowest BCUT2D eigenvalue weighted by Crippen LogP contribution is -2.30. The highest BCUT2D eigenvalue weighted by atomic mass is 31.2. The van der Waals surface area contributed by atoms with Gasteiger partial charge in [-0.3, -0.25) is 18.6 Å². The van der Waals surface area contributed by atoms with Crippen LogP contribution in [0.25, 0.3) is 0 Å². The van der Waals surface area contributed by atoms with E-state index in [0.29, 0.717) is 363 Å². The third kappa shape index (κ3) is 122. The van der Waals surface area contributed by atoms with Crippen LogP contribution in [0.15, 0.2) is 0 Å². The standard InChI is InChI=1S/C99H196NO38P/c1-4-6-8-10-12-14-16-18-20-22-24-26-28-30-32-34-97(101)135-94-96(138-98(102)35-33-31-29-27-25-23-21-19-17-15-13-11-9-7-5-2)95-137-139(104,105)136-37-36-100-99(103)134-93-92-133-91-90-132-89-88-131-87-86-130-85-84-129-83-82-128-81-80-127-79-78-126-77-76-125-75-74-124-73-72-123-71-70-122-69-68-121-67-66-120-65-64-119-63-62-118-61-60-117-59-58-116-57-56-115-55-54-114-53-52-113-51-50-112-49-48-111-47-46-110-45-44-109-43-42-108-41-40-107-39-38-106-3/h96H,4-95H2,1-3H3,(H,100,103)(H,104,105). The van der Waals surface area contributed by atoms with Crippen molar-refractivity contribution < 1.29 is 180 Å². The van der Waals surface area contributed by atoms with Gasteiger partial charge in [-0.2, -0.15) is 0 Å². The second-order valence-corrected chi connectivity index (χ2v) is 33.8. The average molecular weight is 2040 g/mol. The molecule has 0 bridgehead atoms.